The molecule has 106 valence electrons. The summed E-state index contributed by atoms with van der Waals surface area (Å²) < 4.78 is 0. The molecule has 0 amide bonds. The lowest BCUT2D eigenvalue weighted by atomic mass is 10.1. The summed E-state index contributed by atoms with van der Waals surface area (Å²) in [6.07, 6.45) is 0. The van der Waals surface area contributed by atoms with Crippen LogP contribution in [0, 0.1) is 0 Å². The van der Waals surface area contributed by atoms with Crippen molar-refractivity contribution in [3.8, 4) is 0 Å². The smallest absolute Gasteiger partial charge is 0.129 e. The number of anilines is 1. The minimum Gasteiger partial charge on any atom is -0.354 e. The van der Waals surface area contributed by atoms with Crippen molar-refractivity contribution in [1.29, 1.82) is 0 Å². The maximum absolute atomic E-state index is 6.02. The maximum Gasteiger partial charge on any atom is 0.129 e. The Morgan fingerprint density at radius 3 is 2.47 bits per heavy atom. The summed E-state index contributed by atoms with van der Waals surface area (Å²) in [5.74, 6) is 2.10. The van der Waals surface area contributed by atoms with Gasteiger partial charge in [0.1, 0.15) is 5.82 Å². The highest BCUT2D eigenvalue weighted by Gasteiger charge is 2.23. The van der Waals surface area contributed by atoms with E-state index in [4.69, 9.17) is 16.6 Å². The molecule has 19 heavy (non-hydrogen) atoms. The zero-order valence-electron chi connectivity index (χ0n) is 12.2. The molecule has 1 aromatic rings. The van der Waals surface area contributed by atoms with Gasteiger partial charge < -0.3 is 4.90 Å². The Morgan fingerprint density at radius 1 is 1.32 bits per heavy atom. The van der Waals surface area contributed by atoms with Crippen LogP contribution in [0.1, 0.15) is 44.9 Å². The minimum absolute atomic E-state index is 0.441. The summed E-state index contributed by atoms with van der Waals surface area (Å²) in [4.78, 5) is 7.24. The summed E-state index contributed by atoms with van der Waals surface area (Å²) in [5, 5.41) is 1.32. The summed E-state index contributed by atoms with van der Waals surface area (Å²) in [5.41, 5.74) is 2.32. The topological polar surface area (TPSA) is 16.1 Å². The van der Waals surface area contributed by atoms with Crippen LogP contribution < -0.4 is 4.90 Å². The molecule has 1 aliphatic heterocycles. The molecule has 2 atom stereocenters. The lowest BCUT2D eigenvalue weighted by molar-refractivity contribution is 0.710. The van der Waals surface area contributed by atoms with Crippen LogP contribution in [0.15, 0.2) is 12.1 Å². The predicted octanol–water partition coefficient (Wildman–Crippen LogP) is 4.27. The lowest BCUT2D eigenvalue weighted by Crippen LogP contribution is -2.41. The largest absolute Gasteiger partial charge is 0.354 e. The molecule has 2 nitrogen and oxygen atoms in total. The highest BCUT2D eigenvalue weighted by molar-refractivity contribution is 8.00. The van der Waals surface area contributed by atoms with Crippen molar-refractivity contribution in [2.45, 2.75) is 50.0 Å². The molecule has 2 heterocycles. The Bertz CT molecular complexity index is 426. The summed E-state index contributed by atoms with van der Waals surface area (Å²) in [6, 6.07) is 4.28. The second-order valence-corrected chi connectivity index (χ2v) is 7.86. The SMILES string of the molecule is CC1CN(c2cc(CCl)cc(C(C)C)n2)CC(C)S1. The van der Waals surface area contributed by atoms with Gasteiger partial charge in [0.05, 0.1) is 0 Å². The first-order valence-corrected chi connectivity index (χ1v) is 8.44. The Hall–Kier alpha value is -0.410. The van der Waals surface area contributed by atoms with Crippen molar-refractivity contribution in [1.82, 2.24) is 4.98 Å². The second kappa shape index (κ2) is 6.36. The number of nitrogens with zero attached hydrogens (tertiary/aromatic N) is 2. The van der Waals surface area contributed by atoms with E-state index in [0.717, 1.165) is 24.6 Å². The molecule has 4 heteroatoms. The number of alkyl halides is 1. The van der Waals surface area contributed by atoms with Crippen LogP contribution in [0.25, 0.3) is 0 Å². The van der Waals surface area contributed by atoms with Gasteiger partial charge >= 0.3 is 0 Å². The number of rotatable bonds is 3. The van der Waals surface area contributed by atoms with Crippen LogP contribution >= 0.6 is 23.4 Å². The fourth-order valence-corrected chi connectivity index (χ4v) is 3.97. The van der Waals surface area contributed by atoms with Crippen molar-refractivity contribution < 1.29 is 0 Å². The number of halogens is 1. The molecule has 1 aliphatic rings. The molecule has 1 fully saturated rings. The van der Waals surface area contributed by atoms with E-state index in [2.05, 4.69) is 56.5 Å². The van der Waals surface area contributed by atoms with Crippen molar-refractivity contribution in [3.05, 3.63) is 23.4 Å². The number of aromatic nitrogens is 1. The predicted molar refractivity (Wildman–Crippen MR) is 86.6 cm³/mol. The van der Waals surface area contributed by atoms with Crippen LogP contribution in [-0.4, -0.2) is 28.6 Å². The van der Waals surface area contributed by atoms with Crippen molar-refractivity contribution in [2.75, 3.05) is 18.0 Å². The lowest BCUT2D eigenvalue weighted by Gasteiger charge is -2.35. The minimum atomic E-state index is 0.441. The first kappa shape index (κ1) is 15.0. The van der Waals surface area contributed by atoms with Crippen LogP contribution in [-0.2, 0) is 5.88 Å². The first-order valence-electron chi connectivity index (χ1n) is 6.96. The summed E-state index contributed by atoms with van der Waals surface area (Å²) in [7, 11) is 0. The molecular weight excluding hydrogens is 276 g/mol. The van der Waals surface area contributed by atoms with E-state index in [0.29, 0.717) is 22.3 Å². The van der Waals surface area contributed by atoms with Gasteiger partial charge in [0, 0.05) is 35.2 Å². The molecule has 2 unspecified atom stereocenters. The molecule has 2 rings (SSSR count). The summed E-state index contributed by atoms with van der Waals surface area (Å²) in [6.45, 7) is 11.1. The van der Waals surface area contributed by atoms with E-state index >= 15 is 0 Å². The number of hydrogen-bond acceptors (Lipinski definition) is 3. The van der Waals surface area contributed by atoms with Gasteiger partial charge in [-0.2, -0.15) is 11.8 Å². The molecular formula is C15H23ClN2S. The molecule has 0 bridgehead atoms. The van der Waals surface area contributed by atoms with Gasteiger partial charge in [-0.25, -0.2) is 4.98 Å². The average molecular weight is 299 g/mol. The van der Waals surface area contributed by atoms with Gasteiger partial charge in [-0.05, 0) is 23.6 Å². The van der Waals surface area contributed by atoms with E-state index in [-0.39, 0.29) is 0 Å². The molecule has 0 spiro atoms. The van der Waals surface area contributed by atoms with E-state index in [1.807, 2.05) is 0 Å². The fraction of sp³-hybridized carbons (Fsp3) is 0.667. The molecule has 0 aromatic carbocycles. The Morgan fingerprint density at radius 2 is 1.95 bits per heavy atom. The molecule has 0 saturated carbocycles. The standard InChI is InChI=1S/C15H23ClN2S/c1-10(2)14-5-13(7-16)6-15(17-14)18-8-11(3)19-12(4)9-18/h5-6,10-12H,7-9H2,1-4H3. The van der Waals surface area contributed by atoms with E-state index in [1.165, 1.54) is 5.56 Å². The van der Waals surface area contributed by atoms with Gasteiger partial charge in [-0.1, -0.05) is 27.7 Å². The van der Waals surface area contributed by atoms with Crippen LogP contribution in [0.5, 0.6) is 0 Å². The van der Waals surface area contributed by atoms with Crippen LogP contribution in [0.4, 0.5) is 5.82 Å². The highest BCUT2D eigenvalue weighted by Crippen LogP contribution is 2.29. The van der Waals surface area contributed by atoms with Crippen molar-refractivity contribution in [2.24, 2.45) is 0 Å². The molecule has 0 N–H and O–H groups in total. The first-order chi connectivity index (χ1) is 8.99. The third-order valence-corrected chi connectivity index (χ3v) is 4.92. The van der Waals surface area contributed by atoms with Crippen molar-refractivity contribution in [3.63, 3.8) is 0 Å². The second-order valence-electron chi connectivity index (χ2n) is 5.71. The molecule has 0 radical (unpaired) electrons. The van der Waals surface area contributed by atoms with Gasteiger partial charge in [-0.15, -0.1) is 11.6 Å². The number of hydrogen-bond donors (Lipinski definition) is 0. The third kappa shape index (κ3) is 3.79. The Kier molecular flexibility index (Phi) is 5.02. The zero-order valence-corrected chi connectivity index (χ0v) is 13.8. The van der Waals surface area contributed by atoms with Gasteiger partial charge in [-0.3, -0.25) is 0 Å². The zero-order chi connectivity index (χ0) is 14.0. The van der Waals surface area contributed by atoms with Crippen molar-refractivity contribution >= 4 is 29.2 Å². The fourth-order valence-electron chi connectivity index (χ4n) is 2.49. The van der Waals surface area contributed by atoms with E-state index in [9.17, 15) is 0 Å². The Balaban J connectivity index is 2.30. The normalized spacial score (nSPS) is 24.0. The van der Waals surface area contributed by atoms with Gasteiger partial charge in [0.15, 0.2) is 0 Å². The molecule has 1 saturated heterocycles. The molecule has 1 aromatic heterocycles. The molecule has 0 aliphatic carbocycles. The van der Waals surface area contributed by atoms with E-state index < -0.39 is 0 Å². The highest BCUT2D eigenvalue weighted by atomic mass is 35.5. The van der Waals surface area contributed by atoms with E-state index in [1.54, 1.807) is 0 Å². The number of thioether (sulfide) groups is 1. The van der Waals surface area contributed by atoms with Gasteiger partial charge in [0.2, 0.25) is 0 Å². The van der Waals surface area contributed by atoms with Gasteiger partial charge in [0.25, 0.3) is 0 Å². The van der Waals surface area contributed by atoms with Crippen LogP contribution in [0.3, 0.4) is 0 Å². The quantitative estimate of drug-likeness (QED) is 0.775. The maximum atomic E-state index is 6.02. The third-order valence-electron chi connectivity index (χ3n) is 3.38. The average Bonchev–Trinajstić information content (AvgIpc) is 2.37. The number of pyridine rings is 1. The summed E-state index contributed by atoms with van der Waals surface area (Å²) >= 11 is 8.09. The van der Waals surface area contributed by atoms with Crippen LogP contribution in [0.2, 0.25) is 0 Å². The monoisotopic (exact) mass is 298 g/mol. The Labute approximate surface area is 125 Å².